The number of rotatable bonds is 2. The lowest BCUT2D eigenvalue weighted by atomic mass is 10.1. The Hall–Kier alpha value is -1.85. The van der Waals surface area contributed by atoms with Crippen LogP contribution in [0.4, 0.5) is 11.4 Å². The summed E-state index contributed by atoms with van der Waals surface area (Å²) < 4.78 is 0.827. The summed E-state index contributed by atoms with van der Waals surface area (Å²) in [5, 5.41) is 3.57. The summed E-state index contributed by atoms with van der Waals surface area (Å²) in [5.74, 6) is -0.791. The molecule has 4 nitrogen and oxygen atoms in total. The lowest BCUT2D eigenvalue weighted by molar-refractivity contribution is -0.115. The number of anilines is 2. The number of carbonyl (C=O) groups excluding carboxylic acids is 2. The van der Waals surface area contributed by atoms with Crippen LogP contribution in [-0.4, -0.2) is 18.4 Å². The molecule has 1 aliphatic rings. The molecule has 118 valence electrons. The Morgan fingerprint density at radius 1 is 1.26 bits per heavy atom. The van der Waals surface area contributed by atoms with Gasteiger partial charge in [-0.3, -0.25) is 9.59 Å². The summed E-state index contributed by atoms with van der Waals surface area (Å²) in [7, 11) is 0. The van der Waals surface area contributed by atoms with Gasteiger partial charge < -0.3 is 5.32 Å². The van der Waals surface area contributed by atoms with Gasteiger partial charge in [-0.05, 0) is 36.2 Å². The van der Waals surface area contributed by atoms with E-state index in [1.807, 2.05) is 6.07 Å². The fourth-order valence-electron chi connectivity index (χ4n) is 2.72. The third kappa shape index (κ3) is 2.99. The first-order valence-corrected chi connectivity index (χ1v) is 8.32. The highest BCUT2D eigenvalue weighted by molar-refractivity contribution is 9.10. The summed E-state index contributed by atoms with van der Waals surface area (Å²) in [6.45, 7) is 2.15. The zero-order chi connectivity index (χ0) is 16.6. The van der Waals surface area contributed by atoms with Crippen LogP contribution in [0.15, 0.2) is 40.9 Å². The summed E-state index contributed by atoms with van der Waals surface area (Å²) in [4.78, 5) is 26.3. The molecule has 0 aliphatic carbocycles. The fourth-order valence-corrected chi connectivity index (χ4v) is 3.43. The normalized spacial score (nSPS) is 12.5. The molecule has 0 radical (unpaired) electrons. The molecule has 0 aromatic heterocycles. The average Bonchev–Trinajstić information content (AvgIpc) is 2.95. The topological polar surface area (TPSA) is 49.4 Å². The first-order chi connectivity index (χ1) is 11.0. The molecule has 2 aromatic carbocycles. The Bertz CT molecular complexity index is 807. The molecule has 0 unspecified atom stereocenters. The zero-order valence-electron chi connectivity index (χ0n) is 12.4. The smallest absolute Gasteiger partial charge is 0.266 e. The summed E-state index contributed by atoms with van der Waals surface area (Å²) >= 11 is 9.57. The number of carbonyl (C=O) groups is 2. The molecule has 1 heterocycles. The van der Waals surface area contributed by atoms with E-state index in [0.717, 1.165) is 28.7 Å². The summed E-state index contributed by atoms with van der Waals surface area (Å²) in [6, 6.07) is 10.5. The van der Waals surface area contributed by atoms with Gasteiger partial charge in [0.1, 0.15) is 0 Å². The number of fused-ring (bicyclic) bond motifs is 1. The number of hydrogen-bond donors (Lipinski definition) is 1. The second kappa shape index (κ2) is 6.34. The van der Waals surface area contributed by atoms with Gasteiger partial charge in [-0.15, -0.1) is 0 Å². The van der Waals surface area contributed by atoms with Crippen molar-refractivity contribution in [1.82, 2.24) is 0 Å². The van der Waals surface area contributed by atoms with E-state index in [-0.39, 0.29) is 5.91 Å². The molecule has 0 bridgehead atoms. The zero-order valence-corrected chi connectivity index (χ0v) is 14.7. The van der Waals surface area contributed by atoms with Crippen molar-refractivity contribution in [3.05, 3.63) is 57.0 Å². The van der Waals surface area contributed by atoms with Crippen molar-refractivity contribution in [2.24, 2.45) is 0 Å². The molecule has 23 heavy (non-hydrogen) atoms. The van der Waals surface area contributed by atoms with Crippen molar-refractivity contribution in [1.29, 1.82) is 0 Å². The quantitative estimate of drug-likeness (QED) is 0.829. The van der Waals surface area contributed by atoms with Crippen molar-refractivity contribution < 1.29 is 9.59 Å². The van der Waals surface area contributed by atoms with Crippen LogP contribution in [0.3, 0.4) is 0 Å². The van der Waals surface area contributed by atoms with Gasteiger partial charge in [-0.25, -0.2) is 4.90 Å². The molecule has 1 aliphatic heterocycles. The van der Waals surface area contributed by atoms with E-state index in [4.69, 9.17) is 11.6 Å². The molecular formula is C17H14BrClN2O2. The molecule has 0 saturated carbocycles. The number of amides is 2. The maximum atomic E-state index is 12.9. The van der Waals surface area contributed by atoms with Crippen LogP contribution in [0.1, 0.15) is 22.8 Å². The monoisotopic (exact) mass is 392 g/mol. The fraction of sp³-hybridized carbons (Fsp3) is 0.176. The number of imide groups is 1. The van der Waals surface area contributed by atoms with Gasteiger partial charge in [0.25, 0.3) is 5.91 Å². The lowest BCUT2D eigenvalue weighted by Gasteiger charge is -2.23. The van der Waals surface area contributed by atoms with Crippen LogP contribution in [0, 0.1) is 0 Å². The SMILES string of the molecule is CC(=O)N(C(=O)c1ccccc1Cl)c1cc(Br)cc2c1NCC2. The molecule has 0 atom stereocenters. The minimum Gasteiger partial charge on any atom is -0.383 e. The minimum atomic E-state index is -0.433. The molecule has 6 heteroatoms. The van der Waals surface area contributed by atoms with E-state index >= 15 is 0 Å². The molecule has 3 rings (SSSR count). The molecule has 0 saturated heterocycles. The maximum absolute atomic E-state index is 12.9. The van der Waals surface area contributed by atoms with Crippen LogP contribution >= 0.6 is 27.5 Å². The second-order valence-corrected chi connectivity index (χ2v) is 6.60. The average molecular weight is 394 g/mol. The third-order valence-corrected chi connectivity index (χ3v) is 4.51. The van der Waals surface area contributed by atoms with Crippen molar-refractivity contribution in [2.45, 2.75) is 13.3 Å². The van der Waals surface area contributed by atoms with Crippen LogP contribution in [0.2, 0.25) is 5.02 Å². The highest BCUT2D eigenvalue weighted by atomic mass is 79.9. The van der Waals surface area contributed by atoms with Gasteiger partial charge >= 0.3 is 0 Å². The summed E-state index contributed by atoms with van der Waals surface area (Å²) in [5.41, 5.74) is 2.75. The van der Waals surface area contributed by atoms with Crippen molar-refractivity contribution in [3.8, 4) is 0 Å². The van der Waals surface area contributed by atoms with Gasteiger partial charge in [0, 0.05) is 17.9 Å². The van der Waals surface area contributed by atoms with Crippen LogP contribution in [-0.2, 0) is 11.2 Å². The Morgan fingerprint density at radius 3 is 2.70 bits per heavy atom. The first-order valence-electron chi connectivity index (χ1n) is 7.15. The van der Waals surface area contributed by atoms with E-state index in [0.29, 0.717) is 16.3 Å². The number of nitrogens with zero attached hydrogens (tertiary/aromatic N) is 1. The van der Waals surface area contributed by atoms with E-state index < -0.39 is 5.91 Å². The minimum absolute atomic E-state index is 0.302. The van der Waals surface area contributed by atoms with Crippen molar-refractivity contribution >= 4 is 50.7 Å². The Kier molecular flexibility index (Phi) is 4.41. The number of benzene rings is 2. The lowest BCUT2D eigenvalue weighted by Crippen LogP contribution is -2.36. The molecule has 2 aromatic rings. The van der Waals surface area contributed by atoms with Gasteiger partial charge in [0.05, 0.1) is 22.0 Å². The first kappa shape index (κ1) is 16.0. The van der Waals surface area contributed by atoms with Gasteiger partial charge in [0.15, 0.2) is 0 Å². The highest BCUT2D eigenvalue weighted by Gasteiger charge is 2.28. The third-order valence-electron chi connectivity index (χ3n) is 3.72. The van der Waals surface area contributed by atoms with Crippen LogP contribution in [0.25, 0.3) is 0 Å². The van der Waals surface area contributed by atoms with Gasteiger partial charge in [0.2, 0.25) is 5.91 Å². The molecule has 0 fully saturated rings. The summed E-state index contributed by atoms with van der Waals surface area (Å²) in [6.07, 6.45) is 0.855. The van der Waals surface area contributed by atoms with Gasteiger partial charge in [-0.2, -0.15) is 0 Å². The Balaban J connectivity index is 2.13. The van der Waals surface area contributed by atoms with Crippen molar-refractivity contribution in [3.63, 3.8) is 0 Å². The predicted molar refractivity (Wildman–Crippen MR) is 95.3 cm³/mol. The number of nitrogens with one attached hydrogen (secondary N) is 1. The largest absolute Gasteiger partial charge is 0.383 e. The van der Waals surface area contributed by atoms with E-state index in [1.165, 1.54) is 11.8 Å². The molecule has 1 N–H and O–H groups in total. The van der Waals surface area contributed by atoms with Crippen LogP contribution < -0.4 is 10.2 Å². The molecular weight excluding hydrogens is 380 g/mol. The van der Waals surface area contributed by atoms with E-state index in [9.17, 15) is 9.59 Å². The highest BCUT2D eigenvalue weighted by Crippen LogP contribution is 2.37. The van der Waals surface area contributed by atoms with Crippen LogP contribution in [0.5, 0.6) is 0 Å². The van der Waals surface area contributed by atoms with E-state index in [1.54, 1.807) is 30.3 Å². The second-order valence-electron chi connectivity index (χ2n) is 5.28. The number of halogens is 2. The predicted octanol–water partition coefficient (Wildman–Crippen LogP) is 4.26. The van der Waals surface area contributed by atoms with Gasteiger partial charge in [-0.1, -0.05) is 39.7 Å². The number of hydrogen-bond acceptors (Lipinski definition) is 3. The standard InChI is InChI=1S/C17H14BrClN2O2/c1-10(22)21(17(23)13-4-2-3-5-14(13)19)15-9-12(18)8-11-6-7-20-16(11)15/h2-5,8-9,20H,6-7H2,1H3. The van der Waals surface area contributed by atoms with E-state index in [2.05, 4.69) is 21.2 Å². The van der Waals surface area contributed by atoms with Crippen molar-refractivity contribution in [2.75, 3.05) is 16.8 Å². The maximum Gasteiger partial charge on any atom is 0.266 e. The Labute approximate surface area is 147 Å². The Morgan fingerprint density at radius 2 is 2.00 bits per heavy atom. The molecule has 0 spiro atoms. The molecule has 2 amide bonds.